The molecule has 6 amide bonds. The molecular weight excluding hydrogens is 314 g/mol. The second-order valence-corrected chi connectivity index (χ2v) is 6.98. The van der Waals surface area contributed by atoms with E-state index in [1.165, 1.54) is 9.80 Å². The number of hydrogen-bond donors (Lipinski definition) is 1. The summed E-state index contributed by atoms with van der Waals surface area (Å²) in [6.45, 7) is 5.29. The summed E-state index contributed by atoms with van der Waals surface area (Å²) in [5.74, 6) is -0.499. The Hall–Kier alpha value is -2.32. The first-order chi connectivity index (χ1) is 11.1. The number of carbonyl (C=O) groups is 4. The highest BCUT2D eigenvalue weighted by molar-refractivity contribution is 5.98. The highest BCUT2D eigenvalue weighted by atomic mass is 16.2. The molecule has 0 aromatic carbocycles. The van der Waals surface area contributed by atoms with E-state index in [1.54, 1.807) is 23.9 Å². The maximum atomic E-state index is 12.6. The van der Waals surface area contributed by atoms with Crippen LogP contribution < -0.4 is 5.32 Å². The smallest absolute Gasteiger partial charge is 0.324 e. The molecule has 2 aliphatic rings. The van der Waals surface area contributed by atoms with Crippen LogP contribution in [0.1, 0.15) is 20.3 Å². The van der Waals surface area contributed by atoms with Crippen molar-refractivity contribution in [1.29, 1.82) is 0 Å². The number of nitrogens with zero attached hydrogens (tertiary/aromatic N) is 4. The van der Waals surface area contributed by atoms with Gasteiger partial charge in [-0.2, -0.15) is 0 Å². The Balaban J connectivity index is 1.99. The van der Waals surface area contributed by atoms with E-state index in [4.69, 9.17) is 0 Å². The molecule has 2 rings (SSSR count). The fourth-order valence-electron chi connectivity index (χ4n) is 3.06. The van der Waals surface area contributed by atoms with Crippen molar-refractivity contribution in [3.8, 4) is 0 Å². The summed E-state index contributed by atoms with van der Waals surface area (Å²) in [5, 5.41) is 2.21. The third-order valence-corrected chi connectivity index (χ3v) is 4.32. The Morgan fingerprint density at radius 1 is 1.17 bits per heavy atom. The van der Waals surface area contributed by atoms with Crippen molar-refractivity contribution in [2.45, 2.75) is 25.8 Å². The predicted molar refractivity (Wildman–Crippen MR) is 86.2 cm³/mol. The second-order valence-electron chi connectivity index (χ2n) is 6.98. The zero-order valence-electron chi connectivity index (χ0n) is 14.7. The van der Waals surface area contributed by atoms with Gasteiger partial charge in [0, 0.05) is 46.7 Å². The van der Waals surface area contributed by atoms with Crippen molar-refractivity contribution in [3.05, 3.63) is 0 Å². The zero-order valence-corrected chi connectivity index (χ0v) is 14.7. The van der Waals surface area contributed by atoms with Gasteiger partial charge in [0.05, 0.1) is 5.54 Å². The molecule has 9 heteroatoms. The lowest BCUT2D eigenvalue weighted by molar-refractivity contribution is -0.141. The lowest BCUT2D eigenvalue weighted by Crippen LogP contribution is -2.64. The highest BCUT2D eigenvalue weighted by Gasteiger charge is 2.39. The summed E-state index contributed by atoms with van der Waals surface area (Å²) in [7, 11) is 3.40. The fraction of sp³-hybridized carbons (Fsp3) is 0.733. The molecule has 0 aromatic rings. The standard InChI is InChI=1S/C15H25N5O4/c1-15(2)10-19(14(24)17(3)4)7-8-20(15)12(22)9-18-6-5-11(21)16-13(18)23/h5-10H2,1-4H3,(H,16,21,23). The van der Waals surface area contributed by atoms with Gasteiger partial charge in [0.25, 0.3) is 0 Å². The molecule has 2 fully saturated rings. The van der Waals surface area contributed by atoms with Crippen LogP contribution in [0.25, 0.3) is 0 Å². The van der Waals surface area contributed by atoms with Crippen LogP contribution in [0.5, 0.6) is 0 Å². The SMILES string of the molecule is CN(C)C(=O)N1CCN(C(=O)CN2CCC(=O)NC2=O)C(C)(C)C1. The molecule has 0 spiro atoms. The normalized spacial score (nSPS) is 20.8. The lowest BCUT2D eigenvalue weighted by atomic mass is 9.98. The van der Waals surface area contributed by atoms with Gasteiger partial charge in [-0.25, -0.2) is 9.59 Å². The molecule has 0 aromatic heterocycles. The molecule has 0 saturated carbocycles. The number of carbonyl (C=O) groups excluding carboxylic acids is 4. The number of nitrogens with one attached hydrogen (secondary N) is 1. The molecule has 0 bridgehead atoms. The minimum absolute atomic E-state index is 0.0653. The Morgan fingerprint density at radius 3 is 2.38 bits per heavy atom. The molecule has 9 nitrogen and oxygen atoms in total. The molecule has 0 atom stereocenters. The van der Waals surface area contributed by atoms with E-state index < -0.39 is 11.6 Å². The summed E-state index contributed by atoms with van der Waals surface area (Å²) in [6.07, 6.45) is 0.202. The molecular formula is C15H25N5O4. The van der Waals surface area contributed by atoms with Gasteiger partial charge < -0.3 is 19.6 Å². The molecule has 134 valence electrons. The van der Waals surface area contributed by atoms with Gasteiger partial charge in [0.1, 0.15) is 6.54 Å². The summed E-state index contributed by atoms with van der Waals surface area (Å²) in [4.78, 5) is 54.0. The van der Waals surface area contributed by atoms with Gasteiger partial charge in [-0.1, -0.05) is 0 Å². The molecule has 2 aliphatic heterocycles. The minimum atomic E-state index is -0.529. The molecule has 1 N–H and O–H groups in total. The first-order valence-electron chi connectivity index (χ1n) is 7.97. The third-order valence-electron chi connectivity index (χ3n) is 4.32. The van der Waals surface area contributed by atoms with Crippen molar-refractivity contribution >= 4 is 23.9 Å². The largest absolute Gasteiger partial charge is 0.332 e. The van der Waals surface area contributed by atoms with Gasteiger partial charge in [-0.05, 0) is 13.8 Å². The summed E-state index contributed by atoms with van der Waals surface area (Å²) in [6, 6.07) is -0.608. The Bertz CT molecular complexity index is 560. The number of rotatable bonds is 2. The number of urea groups is 2. The van der Waals surface area contributed by atoms with Crippen LogP contribution in [0.3, 0.4) is 0 Å². The lowest BCUT2D eigenvalue weighted by Gasteiger charge is -2.48. The monoisotopic (exact) mass is 339 g/mol. The van der Waals surface area contributed by atoms with Crippen molar-refractivity contribution in [3.63, 3.8) is 0 Å². The molecule has 0 aliphatic carbocycles. The van der Waals surface area contributed by atoms with Crippen molar-refractivity contribution in [2.75, 3.05) is 46.8 Å². The van der Waals surface area contributed by atoms with Crippen LogP contribution in [0.4, 0.5) is 9.59 Å². The van der Waals surface area contributed by atoms with Crippen molar-refractivity contribution < 1.29 is 19.2 Å². The molecule has 2 heterocycles. The van der Waals surface area contributed by atoms with Gasteiger partial charge in [0.2, 0.25) is 11.8 Å². The van der Waals surface area contributed by atoms with Crippen LogP contribution in [-0.2, 0) is 9.59 Å². The van der Waals surface area contributed by atoms with E-state index in [9.17, 15) is 19.2 Å². The van der Waals surface area contributed by atoms with E-state index in [0.717, 1.165) is 0 Å². The maximum Gasteiger partial charge on any atom is 0.324 e. The minimum Gasteiger partial charge on any atom is -0.332 e. The fourth-order valence-corrected chi connectivity index (χ4v) is 3.06. The van der Waals surface area contributed by atoms with Crippen LogP contribution in [0.2, 0.25) is 0 Å². The number of hydrogen-bond acceptors (Lipinski definition) is 4. The van der Waals surface area contributed by atoms with E-state index >= 15 is 0 Å². The van der Waals surface area contributed by atoms with Crippen molar-refractivity contribution in [1.82, 2.24) is 24.9 Å². The summed E-state index contributed by atoms with van der Waals surface area (Å²) >= 11 is 0. The Morgan fingerprint density at radius 2 is 1.83 bits per heavy atom. The van der Waals surface area contributed by atoms with E-state index in [2.05, 4.69) is 5.32 Å². The Kier molecular flexibility index (Phi) is 5.00. The maximum absolute atomic E-state index is 12.6. The summed E-state index contributed by atoms with van der Waals surface area (Å²) < 4.78 is 0. The quantitative estimate of drug-likeness (QED) is 0.736. The number of amides is 6. The van der Waals surface area contributed by atoms with Gasteiger partial charge in [-0.15, -0.1) is 0 Å². The molecule has 24 heavy (non-hydrogen) atoms. The van der Waals surface area contributed by atoms with E-state index in [-0.39, 0.29) is 37.4 Å². The van der Waals surface area contributed by atoms with Gasteiger partial charge in [0.15, 0.2) is 0 Å². The highest BCUT2D eigenvalue weighted by Crippen LogP contribution is 2.22. The van der Waals surface area contributed by atoms with Crippen LogP contribution >= 0.6 is 0 Å². The molecule has 2 saturated heterocycles. The third kappa shape index (κ3) is 3.77. The van der Waals surface area contributed by atoms with Crippen LogP contribution in [0, 0.1) is 0 Å². The number of imide groups is 1. The van der Waals surface area contributed by atoms with Crippen LogP contribution in [-0.4, -0.2) is 95.8 Å². The zero-order chi connectivity index (χ0) is 18.1. The predicted octanol–water partition coefficient (Wildman–Crippen LogP) is -0.467. The number of piperazine rings is 1. The Labute approximate surface area is 141 Å². The van der Waals surface area contributed by atoms with E-state index in [0.29, 0.717) is 19.6 Å². The first-order valence-corrected chi connectivity index (χ1v) is 7.97. The topological polar surface area (TPSA) is 93.3 Å². The molecule has 0 unspecified atom stereocenters. The second kappa shape index (κ2) is 6.66. The van der Waals surface area contributed by atoms with Gasteiger partial charge >= 0.3 is 12.1 Å². The average Bonchev–Trinajstić information content (AvgIpc) is 2.48. The first kappa shape index (κ1) is 18.0. The average molecular weight is 339 g/mol. The molecule has 0 radical (unpaired) electrons. The summed E-state index contributed by atoms with van der Waals surface area (Å²) in [5.41, 5.74) is -0.525. The van der Waals surface area contributed by atoms with Gasteiger partial charge in [-0.3, -0.25) is 14.9 Å². The van der Waals surface area contributed by atoms with Crippen molar-refractivity contribution in [2.24, 2.45) is 0 Å². The van der Waals surface area contributed by atoms with E-state index in [1.807, 2.05) is 13.8 Å². The van der Waals surface area contributed by atoms with Crippen LogP contribution in [0.15, 0.2) is 0 Å².